The number of hydrogen-bond acceptors (Lipinski definition) is 3. The molecular formula is C14H28N2O2. The fraction of sp³-hybridized carbons (Fsp3) is 0.929. The van der Waals surface area contributed by atoms with E-state index in [9.17, 15) is 9.90 Å². The molecule has 4 heteroatoms. The van der Waals surface area contributed by atoms with Crippen molar-refractivity contribution >= 4 is 5.91 Å². The second kappa shape index (κ2) is 7.10. The largest absolute Gasteiger partial charge is 0.394 e. The van der Waals surface area contributed by atoms with Crippen LogP contribution in [0, 0.1) is 5.41 Å². The Morgan fingerprint density at radius 3 is 2.50 bits per heavy atom. The molecule has 1 heterocycles. The van der Waals surface area contributed by atoms with E-state index in [-0.39, 0.29) is 18.6 Å². The first-order valence-corrected chi connectivity index (χ1v) is 7.27. The van der Waals surface area contributed by atoms with Crippen LogP contribution in [-0.2, 0) is 4.79 Å². The molecule has 1 saturated heterocycles. The smallest absolute Gasteiger partial charge is 0.230 e. The third kappa shape index (κ3) is 3.04. The van der Waals surface area contributed by atoms with Gasteiger partial charge in [-0.25, -0.2) is 0 Å². The second-order valence-electron chi connectivity index (χ2n) is 5.38. The fourth-order valence-electron chi connectivity index (χ4n) is 2.87. The first-order chi connectivity index (χ1) is 8.65. The van der Waals surface area contributed by atoms with Gasteiger partial charge in [0.05, 0.1) is 18.1 Å². The summed E-state index contributed by atoms with van der Waals surface area (Å²) in [5, 5.41) is 9.49. The number of rotatable bonds is 5. The van der Waals surface area contributed by atoms with Crippen molar-refractivity contribution in [2.45, 2.75) is 58.4 Å². The first kappa shape index (κ1) is 15.4. The standard InChI is InChI=1S/C14H28N2O2/c1-3-14(4-2,11-15)13(18)16-9-7-5-6-8-12(16)10-17/h12,17H,3-11,15H2,1-2H3. The van der Waals surface area contributed by atoms with Crippen LogP contribution in [0.1, 0.15) is 52.4 Å². The number of nitrogens with two attached hydrogens (primary N) is 1. The Morgan fingerprint density at radius 1 is 1.33 bits per heavy atom. The van der Waals surface area contributed by atoms with Crippen LogP contribution in [0.25, 0.3) is 0 Å². The maximum Gasteiger partial charge on any atom is 0.230 e. The molecule has 0 spiro atoms. The molecule has 1 amide bonds. The highest BCUT2D eigenvalue weighted by atomic mass is 16.3. The van der Waals surface area contributed by atoms with E-state index in [0.29, 0.717) is 6.54 Å². The van der Waals surface area contributed by atoms with E-state index in [1.807, 2.05) is 18.7 Å². The van der Waals surface area contributed by atoms with Crippen LogP contribution >= 0.6 is 0 Å². The van der Waals surface area contributed by atoms with Crippen molar-refractivity contribution in [3.63, 3.8) is 0 Å². The Balaban J connectivity index is 2.90. The van der Waals surface area contributed by atoms with Gasteiger partial charge in [-0.1, -0.05) is 26.7 Å². The van der Waals surface area contributed by atoms with Crippen molar-refractivity contribution < 1.29 is 9.90 Å². The minimum Gasteiger partial charge on any atom is -0.394 e. The summed E-state index contributed by atoms with van der Waals surface area (Å²) in [6, 6.07) is -0.0102. The summed E-state index contributed by atoms with van der Waals surface area (Å²) in [7, 11) is 0. The number of nitrogens with zero attached hydrogens (tertiary/aromatic N) is 1. The molecule has 0 aromatic carbocycles. The SMILES string of the molecule is CCC(CC)(CN)C(=O)N1CCCCCC1CO. The lowest BCUT2D eigenvalue weighted by molar-refractivity contribution is -0.145. The van der Waals surface area contributed by atoms with E-state index in [4.69, 9.17) is 5.73 Å². The lowest BCUT2D eigenvalue weighted by Crippen LogP contribution is -2.52. The lowest BCUT2D eigenvalue weighted by Gasteiger charge is -2.38. The molecule has 0 radical (unpaired) electrons. The number of amides is 1. The zero-order chi connectivity index (χ0) is 13.6. The van der Waals surface area contributed by atoms with E-state index in [0.717, 1.165) is 45.1 Å². The van der Waals surface area contributed by atoms with Crippen LogP contribution in [0.15, 0.2) is 0 Å². The summed E-state index contributed by atoms with van der Waals surface area (Å²) >= 11 is 0. The van der Waals surface area contributed by atoms with Gasteiger partial charge < -0.3 is 15.7 Å². The van der Waals surface area contributed by atoms with Crippen molar-refractivity contribution in [1.82, 2.24) is 4.90 Å². The third-order valence-corrected chi connectivity index (χ3v) is 4.55. The number of carbonyl (C=O) groups excluding carboxylic acids is 1. The maximum atomic E-state index is 12.8. The van der Waals surface area contributed by atoms with Gasteiger partial charge in [-0.2, -0.15) is 0 Å². The molecule has 3 N–H and O–H groups in total. The van der Waals surface area contributed by atoms with Gasteiger partial charge in [0.1, 0.15) is 0 Å². The average Bonchev–Trinajstić information content (AvgIpc) is 2.66. The normalized spacial score (nSPS) is 21.8. The van der Waals surface area contributed by atoms with Crippen molar-refractivity contribution in [2.24, 2.45) is 11.1 Å². The molecule has 106 valence electrons. The van der Waals surface area contributed by atoms with Gasteiger partial charge in [-0.15, -0.1) is 0 Å². The topological polar surface area (TPSA) is 66.6 Å². The van der Waals surface area contributed by atoms with E-state index in [1.165, 1.54) is 0 Å². The molecule has 1 unspecified atom stereocenters. The Morgan fingerprint density at radius 2 is 2.00 bits per heavy atom. The van der Waals surface area contributed by atoms with Gasteiger partial charge in [0, 0.05) is 13.1 Å². The van der Waals surface area contributed by atoms with Crippen LogP contribution in [-0.4, -0.2) is 41.7 Å². The number of hydrogen-bond donors (Lipinski definition) is 2. The predicted molar refractivity (Wildman–Crippen MR) is 73.1 cm³/mol. The first-order valence-electron chi connectivity index (χ1n) is 7.27. The van der Waals surface area contributed by atoms with Gasteiger partial charge >= 0.3 is 0 Å². The molecule has 4 nitrogen and oxygen atoms in total. The summed E-state index contributed by atoms with van der Waals surface area (Å²) in [6.45, 7) is 5.29. The van der Waals surface area contributed by atoms with E-state index in [1.54, 1.807) is 0 Å². The molecule has 0 aromatic rings. The summed E-state index contributed by atoms with van der Waals surface area (Å²) in [5.74, 6) is 0.149. The van der Waals surface area contributed by atoms with Crippen LogP contribution in [0.2, 0.25) is 0 Å². The van der Waals surface area contributed by atoms with Gasteiger partial charge in [-0.05, 0) is 25.7 Å². The molecule has 0 bridgehead atoms. The minimum atomic E-state index is -0.433. The highest BCUT2D eigenvalue weighted by Crippen LogP contribution is 2.30. The second-order valence-corrected chi connectivity index (χ2v) is 5.38. The van der Waals surface area contributed by atoms with Crippen molar-refractivity contribution in [1.29, 1.82) is 0 Å². The summed E-state index contributed by atoms with van der Waals surface area (Å²) in [5.41, 5.74) is 5.42. The molecule has 1 rings (SSSR count). The maximum absolute atomic E-state index is 12.8. The van der Waals surface area contributed by atoms with Gasteiger partial charge in [0.25, 0.3) is 0 Å². The molecule has 1 atom stereocenters. The van der Waals surface area contributed by atoms with Crippen molar-refractivity contribution in [2.75, 3.05) is 19.7 Å². The van der Waals surface area contributed by atoms with E-state index < -0.39 is 5.41 Å². The zero-order valence-electron chi connectivity index (χ0n) is 11.8. The van der Waals surface area contributed by atoms with Crippen LogP contribution in [0.3, 0.4) is 0 Å². The summed E-state index contributed by atoms with van der Waals surface area (Å²) < 4.78 is 0. The average molecular weight is 256 g/mol. The number of aliphatic hydroxyl groups is 1. The monoisotopic (exact) mass is 256 g/mol. The quantitative estimate of drug-likeness (QED) is 0.783. The van der Waals surface area contributed by atoms with E-state index >= 15 is 0 Å². The molecule has 0 aromatic heterocycles. The Kier molecular flexibility index (Phi) is 6.09. The van der Waals surface area contributed by atoms with E-state index in [2.05, 4.69) is 0 Å². The Bertz CT molecular complexity index is 256. The van der Waals surface area contributed by atoms with Gasteiger partial charge in [-0.3, -0.25) is 4.79 Å². The Hall–Kier alpha value is -0.610. The van der Waals surface area contributed by atoms with Gasteiger partial charge in [0.2, 0.25) is 5.91 Å². The number of aliphatic hydroxyl groups excluding tert-OH is 1. The van der Waals surface area contributed by atoms with Crippen molar-refractivity contribution in [3.8, 4) is 0 Å². The number of likely N-dealkylation sites (tertiary alicyclic amines) is 1. The van der Waals surface area contributed by atoms with Crippen LogP contribution in [0.5, 0.6) is 0 Å². The van der Waals surface area contributed by atoms with Crippen molar-refractivity contribution in [3.05, 3.63) is 0 Å². The highest BCUT2D eigenvalue weighted by molar-refractivity contribution is 5.83. The minimum absolute atomic E-state index is 0.0102. The zero-order valence-corrected chi connectivity index (χ0v) is 11.8. The molecule has 18 heavy (non-hydrogen) atoms. The van der Waals surface area contributed by atoms with Gasteiger partial charge in [0.15, 0.2) is 0 Å². The fourth-order valence-corrected chi connectivity index (χ4v) is 2.87. The molecule has 1 fully saturated rings. The third-order valence-electron chi connectivity index (χ3n) is 4.55. The molecule has 1 aliphatic rings. The number of carbonyl (C=O) groups is 1. The summed E-state index contributed by atoms with van der Waals surface area (Å²) in [6.07, 6.45) is 5.74. The highest BCUT2D eigenvalue weighted by Gasteiger charge is 2.39. The molecular weight excluding hydrogens is 228 g/mol. The molecule has 0 saturated carbocycles. The molecule has 1 aliphatic heterocycles. The predicted octanol–water partition coefficient (Wildman–Crippen LogP) is 1.51. The summed E-state index contributed by atoms with van der Waals surface area (Å²) in [4.78, 5) is 14.7. The van der Waals surface area contributed by atoms with Crippen LogP contribution in [0.4, 0.5) is 0 Å². The Labute approximate surface area is 111 Å². The van der Waals surface area contributed by atoms with Crippen LogP contribution < -0.4 is 5.73 Å². The molecule has 0 aliphatic carbocycles. The lowest BCUT2D eigenvalue weighted by atomic mass is 9.80.